The molecule has 3 fully saturated rings. The Labute approximate surface area is 556 Å². The van der Waals surface area contributed by atoms with E-state index < -0.39 is 28.5 Å². The second-order valence-electron chi connectivity index (χ2n) is 22.6. The molecule has 0 spiro atoms. The summed E-state index contributed by atoms with van der Waals surface area (Å²) in [5.41, 5.74) is 16.2. The van der Waals surface area contributed by atoms with E-state index in [-0.39, 0.29) is 60.9 Å². The number of ether oxygens (including phenoxy) is 4. The Kier molecular flexibility index (Phi) is 20.4. The molecule has 9 heterocycles. The van der Waals surface area contributed by atoms with Crippen molar-refractivity contribution in [3.05, 3.63) is 180 Å². The molecule has 0 bridgehead atoms. The molecular formula is C67H60F3N13O10S3. The first kappa shape index (κ1) is 65.6. The van der Waals surface area contributed by atoms with E-state index in [9.17, 15) is 37.7 Å². The number of fused-ring (bicyclic) bond motifs is 3. The summed E-state index contributed by atoms with van der Waals surface area (Å²) in [4.78, 5) is 60.4. The van der Waals surface area contributed by atoms with Crippen molar-refractivity contribution in [3.8, 4) is 65.8 Å². The minimum Gasteiger partial charge on any atom is -0.453 e. The number of hydrogen-bond acceptors (Lipinski definition) is 21. The van der Waals surface area contributed by atoms with Crippen molar-refractivity contribution in [2.45, 2.75) is 83.1 Å². The normalized spacial score (nSPS) is 13.2. The highest BCUT2D eigenvalue weighted by molar-refractivity contribution is 7.23. The van der Waals surface area contributed by atoms with Crippen molar-refractivity contribution in [2.75, 3.05) is 18.9 Å². The number of non-ortho nitro benzene ring substituents is 1. The number of hydrogen-bond donors (Lipinski definition) is 4. The van der Waals surface area contributed by atoms with E-state index in [1.165, 1.54) is 88.1 Å². The second kappa shape index (κ2) is 29.9. The lowest BCUT2D eigenvalue weighted by Crippen LogP contribution is -2.27. The van der Waals surface area contributed by atoms with Crippen LogP contribution in [0.5, 0.6) is 34.5 Å². The first-order valence-corrected chi connectivity index (χ1v) is 32.8. The molecule has 23 nitrogen and oxygen atoms in total. The SMILES string of the molecule is NC1CC1.Nc1ccc(Oc2ccnc3cc(-c4cnn(CCO)c4)sc23)c(F)c1.O=C(Cc1ccc(Oc2ccnc3cc(-c4cnn(CCOC(=O)NC5CC5)c4)sc23)c(F)c1)CC1CC1.O=CCn1cc(-c2cc3nccc(Oc4ccc([N+](=O)[O-])cc4F)c3s2)cn1. The van der Waals surface area contributed by atoms with Crippen LogP contribution in [0.2, 0.25) is 0 Å². The third kappa shape index (κ3) is 17.1. The zero-order chi connectivity index (χ0) is 66.8. The predicted octanol–water partition coefficient (Wildman–Crippen LogP) is 13.9. The number of halogens is 3. The van der Waals surface area contributed by atoms with Crippen LogP contribution in [0.25, 0.3) is 62.0 Å². The Morgan fingerprint density at radius 3 is 1.57 bits per heavy atom. The summed E-state index contributed by atoms with van der Waals surface area (Å²) in [6, 6.07) is 23.8. The van der Waals surface area contributed by atoms with E-state index in [4.69, 9.17) is 35.5 Å². The van der Waals surface area contributed by atoms with Crippen LogP contribution in [0.15, 0.2) is 147 Å². The Hall–Kier alpha value is -10.5. The number of aldehydes is 1. The van der Waals surface area contributed by atoms with Crippen molar-refractivity contribution in [1.29, 1.82) is 0 Å². The van der Waals surface area contributed by atoms with Gasteiger partial charge in [0.25, 0.3) is 5.69 Å². The van der Waals surface area contributed by atoms with Gasteiger partial charge in [-0.1, -0.05) is 6.07 Å². The molecule has 29 heteroatoms. The smallest absolute Gasteiger partial charge is 0.407 e. The monoisotopic (exact) mass is 1360 g/mol. The molecule has 6 N–H and O–H groups in total. The highest BCUT2D eigenvalue weighted by Crippen LogP contribution is 2.43. The topological polar surface area (TPSA) is 308 Å². The van der Waals surface area contributed by atoms with Crippen LogP contribution in [-0.2, 0) is 40.4 Å². The van der Waals surface area contributed by atoms with Crippen LogP contribution < -0.4 is 31.0 Å². The summed E-state index contributed by atoms with van der Waals surface area (Å²) in [5, 5.41) is 35.2. The van der Waals surface area contributed by atoms with E-state index in [0.717, 1.165) is 89.8 Å². The van der Waals surface area contributed by atoms with Gasteiger partial charge in [0.05, 0.1) is 86.5 Å². The number of Topliss-reactive ketones (excluding diaryl/α,β-unsaturated/α-hetero) is 1. The van der Waals surface area contributed by atoms with Gasteiger partial charge in [-0.2, -0.15) is 15.3 Å². The number of ketones is 1. The quantitative estimate of drug-likeness (QED) is 0.0212. The minimum absolute atomic E-state index is 0.0280. The third-order valence-electron chi connectivity index (χ3n) is 14.9. The maximum atomic E-state index is 14.9. The van der Waals surface area contributed by atoms with E-state index in [1.54, 1.807) is 82.9 Å². The maximum Gasteiger partial charge on any atom is 0.407 e. The van der Waals surface area contributed by atoms with Gasteiger partial charge >= 0.3 is 6.09 Å². The lowest BCUT2D eigenvalue weighted by Gasteiger charge is -2.09. The third-order valence-corrected chi connectivity index (χ3v) is 18.5. The van der Waals surface area contributed by atoms with Gasteiger partial charge in [-0.15, -0.1) is 34.0 Å². The molecule has 3 saturated carbocycles. The van der Waals surface area contributed by atoms with Crippen LogP contribution >= 0.6 is 34.0 Å². The molecule has 3 aromatic carbocycles. The second-order valence-corrected chi connectivity index (χ2v) is 25.8. The number of carbonyl (C=O) groups excluding carboxylic acids is 3. The number of nitrogens with one attached hydrogen (secondary N) is 1. The number of nitrogen functional groups attached to an aromatic ring is 1. The number of anilines is 1. The van der Waals surface area contributed by atoms with Crippen molar-refractivity contribution < 1.29 is 56.5 Å². The van der Waals surface area contributed by atoms with Gasteiger partial charge in [0.2, 0.25) is 0 Å². The number of alkyl carbamates (subject to hydrolysis) is 1. The molecule has 15 rings (SSSR count). The van der Waals surface area contributed by atoms with Crippen LogP contribution in [0.1, 0.15) is 50.5 Å². The number of thiophene rings is 3. The van der Waals surface area contributed by atoms with Gasteiger partial charge in [0.1, 0.15) is 35.9 Å². The summed E-state index contributed by atoms with van der Waals surface area (Å²) < 4.78 is 72.8. The van der Waals surface area contributed by atoms with Crippen LogP contribution in [-0.4, -0.2) is 97.8 Å². The number of nitrogens with zero attached hydrogens (tertiary/aromatic N) is 10. The van der Waals surface area contributed by atoms with Gasteiger partial charge in [-0.05, 0) is 98.5 Å². The fourth-order valence-electron chi connectivity index (χ4n) is 9.49. The molecule has 9 aromatic heterocycles. The largest absolute Gasteiger partial charge is 0.453 e. The van der Waals surface area contributed by atoms with Crippen LogP contribution in [0.3, 0.4) is 0 Å². The lowest BCUT2D eigenvalue weighted by atomic mass is 10.0. The predicted molar refractivity (Wildman–Crippen MR) is 357 cm³/mol. The van der Waals surface area contributed by atoms with Gasteiger partial charge in [0, 0.05) is 129 Å². The molecule has 492 valence electrons. The molecule has 0 unspecified atom stereocenters. The fourth-order valence-corrected chi connectivity index (χ4v) is 12.6. The lowest BCUT2D eigenvalue weighted by molar-refractivity contribution is -0.385. The molecule has 0 aliphatic heterocycles. The molecule has 0 radical (unpaired) electrons. The van der Waals surface area contributed by atoms with Crippen LogP contribution in [0, 0.1) is 33.5 Å². The van der Waals surface area contributed by atoms with E-state index in [0.29, 0.717) is 70.2 Å². The number of nitro benzene ring substituents is 1. The van der Waals surface area contributed by atoms with Gasteiger partial charge in [-0.3, -0.25) is 43.9 Å². The summed E-state index contributed by atoms with van der Waals surface area (Å²) in [7, 11) is 0. The first-order chi connectivity index (χ1) is 46.6. The minimum atomic E-state index is -0.828. The number of aliphatic hydroxyl groups excluding tert-OH is 1. The molecule has 0 atom stereocenters. The Morgan fingerprint density at radius 1 is 0.635 bits per heavy atom. The number of aromatic nitrogens is 9. The Bertz CT molecular complexity index is 4790. The van der Waals surface area contributed by atoms with Crippen molar-refractivity contribution in [1.82, 2.24) is 49.6 Å². The Morgan fingerprint density at radius 2 is 1.11 bits per heavy atom. The average molecular weight is 1360 g/mol. The number of aliphatic hydroxyl groups is 1. The van der Waals surface area contributed by atoms with Gasteiger partial charge in [0.15, 0.2) is 34.7 Å². The highest BCUT2D eigenvalue weighted by atomic mass is 32.1. The Balaban J connectivity index is 0.000000136. The van der Waals surface area contributed by atoms with E-state index in [1.807, 2.05) is 30.6 Å². The summed E-state index contributed by atoms with van der Waals surface area (Å²) in [5.74, 6) is 0.331. The summed E-state index contributed by atoms with van der Waals surface area (Å²) in [6.45, 7) is 1.30. The maximum absolute atomic E-state index is 14.9. The van der Waals surface area contributed by atoms with Crippen molar-refractivity contribution >= 4 is 94.2 Å². The number of rotatable bonds is 22. The number of pyridine rings is 3. The van der Waals surface area contributed by atoms with Crippen molar-refractivity contribution in [2.24, 2.45) is 11.7 Å². The molecule has 96 heavy (non-hydrogen) atoms. The van der Waals surface area contributed by atoms with Gasteiger partial charge in [-0.25, -0.2) is 18.0 Å². The van der Waals surface area contributed by atoms with E-state index >= 15 is 0 Å². The number of carbonyl (C=O) groups is 3. The molecule has 0 saturated heterocycles. The number of benzene rings is 3. The summed E-state index contributed by atoms with van der Waals surface area (Å²) >= 11 is 4.35. The zero-order valence-corrected chi connectivity index (χ0v) is 53.4. The summed E-state index contributed by atoms with van der Waals surface area (Å²) in [6.07, 6.45) is 23.4. The molecular weight excluding hydrogens is 1300 g/mol. The van der Waals surface area contributed by atoms with Crippen LogP contribution in [0.4, 0.5) is 29.3 Å². The standard InChI is InChI=1S/C28H27FN4O4S.C18H11FN4O4S.C18H15FN4O2S.C3H7N/c29-22-13-18(12-21(34)11-17-1-2-17)3-6-24(22)37-25-7-8-30-23-14-26(38-27(23)25)19-15-31-33(16-19)9-10-36-28(35)32-20-4-5-20;19-13-7-12(23(25)26)1-2-15(13)27-16-3-4-20-14-8-17(28-18(14)16)11-9-21-22(10-11)5-6-24;19-13-7-12(20)1-2-15(13)25-16-3-4-21-14-8-17(26-18(14)16)11-9-22-23(10-11)5-6-24;4-3-1-2-3/h3,6-8,13-17,20H,1-2,4-5,9-12H2,(H,32,35);1-4,6-10H,5H2;1-4,7-10,24H,5-6,20H2;3H,1-2,4H2. The zero-order valence-electron chi connectivity index (χ0n) is 51.0. The van der Waals surface area contributed by atoms with Crippen molar-refractivity contribution in [3.63, 3.8) is 0 Å². The number of nitro groups is 1. The number of amides is 1. The first-order valence-electron chi connectivity index (χ1n) is 30.4. The highest BCUT2D eigenvalue weighted by Gasteiger charge is 2.26. The number of nitrogens with two attached hydrogens (primary N) is 2. The molecule has 3 aliphatic carbocycles. The fraction of sp³-hybridized carbons (Fsp3) is 0.239. The average Bonchev–Trinajstić information content (AvgIpc) is 1.68. The molecule has 3 aliphatic rings. The molecule has 1 amide bonds. The van der Waals surface area contributed by atoms with Gasteiger partial charge < -0.3 is 45.6 Å². The van der Waals surface area contributed by atoms with E-state index in [2.05, 4.69) is 35.6 Å². The molecule has 12 aromatic rings.